The summed E-state index contributed by atoms with van der Waals surface area (Å²) in [7, 11) is 0. The van der Waals surface area contributed by atoms with Crippen molar-refractivity contribution in [2.24, 2.45) is 0 Å². The number of nitrogens with one attached hydrogen (secondary N) is 1. The maximum Gasteiger partial charge on any atom is 0.273 e. The quantitative estimate of drug-likeness (QED) is 0.291. The molecular formula is C28H30N6O3. The number of benzene rings is 1. The highest BCUT2D eigenvalue weighted by Crippen LogP contribution is 2.35. The number of carbonyl (C=O) groups is 1. The molecule has 4 aromatic heterocycles. The molecule has 0 saturated heterocycles. The van der Waals surface area contributed by atoms with E-state index in [2.05, 4.69) is 65.5 Å². The Balaban J connectivity index is 1.48. The van der Waals surface area contributed by atoms with Gasteiger partial charge in [-0.3, -0.25) is 4.79 Å². The molecule has 0 aliphatic rings. The van der Waals surface area contributed by atoms with Crippen molar-refractivity contribution in [1.82, 2.24) is 30.2 Å². The molecule has 1 amide bonds. The van der Waals surface area contributed by atoms with Crippen molar-refractivity contribution in [1.29, 1.82) is 0 Å². The summed E-state index contributed by atoms with van der Waals surface area (Å²) in [4.78, 5) is 22.2. The summed E-state index contributed by atoms with van der Waals surface area (Å²) in [5.41, 5.74) is 4.30. The lowest BCUT2D eigenvalue weighted by atomic mass is 9.98. The third kappa shape index (κ3) is 4.64. The molecule has 0 spiro atoms. The number of aromatic nitrogens is 5. The molecule has 0 fully saturated rings. The van der Waals surface area contributed by atoms with Crippen LogP contribution in [0.1, 0.15) is 61.8 Å². The second-order valence-corrected chi connectivity index (χ2v) is 9.94. The van der Waals surface area contributed by atoms with Crippen LogP contribution in [0.4, 0.5) is 0 Å². The Hall–Kier alpha value is -4.27. The van der Waals surface area contributed by atoms with Crippen LogP contribution in [0.3, 0.4) is 0 Å². The number of nitrogens with zero attached hydrogens (tertiary/aromatic N) is 5. The van der Waals surface area contributed by atoms with E-state index in [4.69, 9.17) is 14.0 Å². The van der Waals surface area contributed by atoms with Gasteiger partial charge in [-0.05, 0) is 45.2 Å². The second kappa shape index (κ2) is 9.65. The van der Waals surface area contributed by atoms with E-state index in [0.717, 1.165) is 34.4 Å². The largest absolute Gasteiger partial charge is 0.461 e. The molecule has 0 aliphatic heterocycles. The van der Waals surface area contributed by atoms with Crippen LogP contribution >= 0.6 is 0 Å². The van der Waals surface area contributed by atoms with E-state index >= 15 is 0 Å². The second-order valence-electron chi connectivity index (χ2n) is 9.94. The molecule has 0 saturated carbocycles. The number of amides is 1. The summed E-state index contributed by atoms with van der Waals surface area (Å²) < 4.78 is 12.5. The Kier molecular flexibility index (Phi) is 6.37. The van der Waals surface area contributed by atoms with Crippen molar-refractivity contribution in [3.05, 3.63) is 72.0 Å². The molecule has 4 heterocycles. The maximum absolute atomic E-state index is 12.9. The fourth-order valence-corrected chi connectivity index (χ4v) is 4.26. The Morgan fingerprint density at radius 1 is 1.14 bits per heavy atom. The van der Waals surface area contributed by atoms with Gasteiger partial charge in [0.2, 0.25) is 5.76 Å². The van der Waals surface area contributed by atoms with Gasteiger partial charge in [-0.2, -0.15) is 5.10 Å². The smallest absolute Gasteiger partial charge is 0.273 e. The zero-order valence-electron chi connectivity index (χ0n) is 21.6. The molecule has 9 nitrogen and oxygen atoms in total. The van der Waals surface area contributed by atoms with Gasteiger partial charge in [0, 0.05) is 18.2 Å². The molecule has 5 rings (SSSR count). The van der Waals surface area contributed by atoms with Crippen LogP contribution in [-0.2, 0) is 5.54 Å². The highest BCUT2D eigenvalue weighted by Gasteiger charge is 2.30. The maximum atomic E-state index is 12.9. The van der Waals surface area contributed by atoms with Crippen molar-refractivity contribution in [2.75, 3.05) is 6.54 Å². The monoisotopic (exact) mass is 498 g/mol. The van der Waals surface area contributed by atoms with Crippen molar-refractivity contribution in [2.45, 2.75) is 52.5 Å². The lowest BCUT2D eigenvalue weighted by Gasteiger charge is -2.26. The fourth-order valence-electron chi connectivity index (χ4n) is 4.26. The van der Waals surface area contributed by atoms with Crippen LogP contribution in [0.2, 0.25) is 0 Å². The lowest BCUT2D eigenvalue weighted by molar-refractivity contribution is 0.0927. The third-order valence-corrected chi connectivity index (χ3v) is 6.66. The minimum Gasteiger partial charge on any atom is -0.461 e. The van der Waals surface area contributed by atoms with Crippen LogP contribution in [0.15, 0.2) is 64.0 Å². The molecule has 0 aliphatic carbocycles. The topological polar surface area (TPSA) is 112 Å². The summed E-state index contributed by atoms with van der Waals surface area (Å²) in [6.45, 7) is 10.7. The van der Waals surface area contributed by atoms with E-state index in [9.17, 15) is 4.79 Å². The van der Waals surface area contributed by atoms with Crippen LogP contribution in [0.5, 0.6) is 0 Å². The van der Waals surface area contributed by atoms with Gasteiger partial charge in [-0.15, -0.1) is 0 Å². The number of hydrogen-bond acceptors (Lipinski definition) is 7. The van der Waals surface area contributed by atoms with E-state index < -0.39 is 5.54 Å². The van der Waals surface area contributed by atoms with E-state index in [0.29, 0.717) is 18.1 Å². The summed E-state index contributed by atoms with van der Waals surface area (Å²) >= 11 is 0. The van der Waals surface area contributed by atoms with Crippen molar-refractivity contribution in [3.63, 3.8) is 0 Å². The Morgan fingerprint density at radius 3 is 2.62 bits per heavy atom. The normalized spacial score (nSPS) is 12.7. The summed E-state index contributed by atoms with van der Waals surface area (Å²) in [6, 6.07) is 13.4. The molecule has 1 aromatic carbocycles. The number of carbonyl (C=O) groups excluding carboxylic acids is 1. The highest BCUT2D eigenvalue weighted by atomic mass is 16.5. The van der Waals surface area contributed by atoms with Gasteiger partial charge in [0.05, 0.1) is 22.9 Å². The number of hydrogen-bond donors (Lipinski definition) is 1. The number of furan rings is 1. The predicted octanol–water partition coefficient (Wildman–Crippen LogP) is 5.73. The molecule has 37 heavy (non-hydrogen) atoms. The first-order chi connectivity index (χ1) is 17.8. The molecule has 1 N–H and O–H groups in total. The molecule has 190 valence electrons. The average molecular weight is 499 g/mol. The number of rotatable bonds is 8. The van der Waals surface area contributed by atoms with E-state index in [1.54, 1.807) is 24.5 Å². The van der Waals surface area contributed by atoms with Crippen LogP contribution < -0.4 is 5.32 Å². The van der Waals surface area contributed by atoms with Crippen LogP contribution in [0, 0.1) is 6.92 Å². The van der Waals surface area contributed by atoms with E-state index in [1.165, 1.54) is 11.8 Å². The Bertz CT molecular complexity index is 1530. The highest BCUT2D eigenvalue weighted by molar-refractivity contribution is 5.94. The molecular weight excluding hydrogens is 468 g/mol. The van der Waals surface area contributed by atoms with E-state index in [-0.39, 0.29) is 17.5 Å². The third-order valence-electron chi connectivity index (χ3n) is 6.66. The Morgan fingerprint density at radius 2 is 1.92 bits per heavy atom. The number of fused-ring (bicyclic) bond motifs is 1. The van der Waals surface area contributed by atoms with Crippen molar-refractivity contribution < 1.29 is 13.7 Å². The van der Waals surface area contributed by atoms with Gasteiger partial charge < -0.3 is 14.3 Å². The zero-order chi connectivity index (χ0) is 26.2. The first-order valence-electron chi connectivity index (χ1n) is 12.4. The standard InChI is InChI=1S/C28H30N6O3/c1-6-18(3)24-23-25(19-11-9-17(2)10-12-19)32-34(26(23)31-16-30-24)28(4,5)15-29-27(35)20-14-22(37-33-20)21-8-7-13-36-21/h7-14,16,18H,6,15H2,1-5H3,(H,29,35). The number of aryl methyl sites for hydroxylation is 1. The van der Waals surface area contributed by atoms with Gasteiger partial charge in [-0.1, -0.05) is 48.8 Å². The van der Waals surface area contributed by atoms with Gasteiger partial charge in [0.15, 0.2) is 17.1 Å². The van der Waals surface area contributed by atoms with Gasteiger partial charge in [0.1, 0.15) is 12.0 Å². The molecule has 5 aromatic rings. The molecule has 0 bridgehead atoms. The molecule has 1 atom stereocenters. The first kappa shape index (κ1) is 24.4. The minimum atomic E-state index is -0.606. The predicted molar refractivity (Wildman–Crippen MR) is 140 cm³/mol. The van der Waals surface area contributed by atoms with Crippen LogP contribution in [0.25, 0.3) is 33.8 Å². The zero-order valence-corrected chi connectivity index (χ0v) is 21.6. The van der Waals surface area contributed by atoms with Crippen molar-refractivity contribution in [3.8, 4) is 22.8 Å². The summed E-state index contributed by atoms with van der Waals surface area (Å²) in [6.07, 6.45) is 4.08. The van der Waals surface area contributed by atoms with Gasteiger partial charge in [-0.25, -0.2) is 14.6 Å². The fraction of sp³-hybridized carbons (Fsp3) is 0.321. The first-order valence-corrected chi connectivity index (χ1v) is 12.4. The van der Waals surface area contributed by atoms with E-state index in [1.807, 2.05) is 18.5 Å². The summed E-state index contributed by atoms with van der Waals surface area (Å²) in [5.74, 6) is 0.797. The SMILES string of the molecule is CCC(C)c1ncnc2c1c(-c1ccc(C)cc1)nn2C(C)(C)CNC(=O)c1cc(-c2ccco2)on1. The summed E-state index contributed by atoms with van der Waals surface area (Å²) in [5, 5.41) is 12.9. The minimum absolute atomic E-state index is 0.175. The van der Waals surface area contributed by atoms with Gasteiger partial charge in [0.25, 0.3) is 5.91 Å². The van der Waals surface area contributed by atoms with Crippen LogP contribution in [-0.4, -0.2) is 37.4 Å². The van der Waals surface area contributed by atoms with Gasteiger partial charge >= 0.3 is 0 Å². The van der Waals surface area contributed by atoms with Crippen molar-refractivity contribution >= 4 is 16.9 Å². The molecule has 1 unspecified atom stereocenters. The average Bonchev–Trinajstić information content (AvgIpc) is 3.67. The molecule has 0 radical (unpaired) electrons. The lowest BCUT2D eigenvalue weighted by Crippen LogP contribution is -2.41. The molecule has 9 heteroatoms. The Labute approximate surface area is 214 Å².